The molecule has 1 aromatic heterocycles. The number of aryl methyl sites for hydroxylation is 1. The molecule has 1 amide bonds. The van der Waals surface area contributed by atoms with Crippen LogP contribution in [0.15, 0.2) is 0 Å². The van der Waals surface area contributed by atoms with Gasteiger partial charge in [-0.15, -0.1) is 0 Å². The van der Waals surface area contributed by atoms with Gasteiger partial charge in [0.05, 0.1) is 29.7 Å². The molecule has 1 aromatic rings. The summed E-state index contributed by atoms with van der Waals surface area (Å²) >= 11 is 0. The largest absolute Gasteiger partial charge is 0.462 e. The summed E-state index contributed by atoms with van der Waals surface area (Å²) in [7, 11) is 0.261. The molecule has 1 N–H and O–H groups in total. The summed E-state index contributed by atoms with van der Waals surface area (Å²) in [6.45, 7) is 5.35. The summed E-state index contributed by atoms with van der Waals surface area (Å²) in [5, 5.41) is 3.03. The average molecular weight is 371 g/mol. The summed E-state index contributed by atoms with van der Waals surface area (Å²) in [6.07, 6.45) is 0.399. The number of nitrogens with zero attached hydrogens (tertiary/aromatic N) is 2. The van der Waals surface area contributed by atoms with Gasteiger partial charge in [-0.05, 0) is 32.8 Å². The highest BCUT2D eigenvalue weighted by molar-refractivity contribution is 7.91. The van der Waals surface area contributed by atoms with Gasteiger partial charge in [-0.1, -0.05) is 0 Å². The molecule has 0 saturated carbocycles. The minimum atomic E-state index is -3.13. The average Bonchev–Trinajstić information content (AvgIpc) is 2.98. The zero-order valence-corrected chi connectivity index (χ0v) is 16.1. The number of amides is 1. The van der Waals surface area contributed by atoms with Gasteiger partial charge in [0.2, 0.25) is 0 Å². The predicted octanol–water partition coefficient (Wildman–Crippen LogP) is 0.914. The molecule has 0 radical (unpaired) electrons. The molecule has 1 saturated heterocycles. The van der Waals surface area contributed by atoms with Gasteiger partial charge in [0.25, 0.3) is 5.91 Å². The summed E-state index contributed by atoms with van der Waals surface area (Å²) in [6, 6.07) is -0.415. The quantitative estimate of drug-likeness (QED) is 0.610. The third kappa shape index (κ3) is 3.87. The molecule has 8 nitrogen and oxygen atoms in total. The number of nitrogens with one attached hydrogen (secondary N) is 1. The fourth-order valence-corrected chi connectivity index (χ4v) is 4.92. The Hall–Kier alpha value is -1.87. The van der Waals surface area contributed by atoms with Crippen LogP contribution in [0.25, 0.3) is 0 Å². The number of H-pyrrole nitrogens is 1. The van der Waals surface area contributed by atoms with Crippen LogP contribution in [0.2, 0.25) is 0 Å². The van der Waals surface area contributed by atoms with E-state index in [9.17, 15) is 18.0 Å². The summed E-state index contributed by atoms with van der Waals surface area (Å²) in [4.78, 5) is 28.1. The first kappa shape index (κ1) is 19.5. The second-order valence-corrected chi connectivity index (χ2v) is 8.63. The first-order valence-electron chi connectivity index (χ1n) is 8.16. The van der Waals surface area contributed by atoms with Crippen LogP contribution in [0.5, 0.6) is 0 Å². The Morgan fingerprint density at radius 3 is 2.40 bits per heavy atom. The first-order chi connectivity index (χ1) is 11.6. The van der Waals surface area contributed by atoms with E-state index in [0.717, 1.165) is 0 Å². The van der Waals surface area contributed by atoms with E-state index in [-0.39, 0.29) is 29.7 Å². The molecule has 1 aliphatic rings. The summed E-state index contributed by atoms with van der Waals surface area (Å²) in [5.41, 5.74) is 1.69. The summed E-state index contributed by atoms with van der Waals surface area (Å²) in [5.74, 6) is -0.817. The molecule has 1 aliphatic heterocycles. The van der Waals surface area contributed by atoms with E-state index >= 15 is 0 Å². The van der Waals surface area contributed by atoms with E-state index in [1.165, 1.54) is 5.01 Å². The Balaban J connectivity index is 2.38. The predicted molar refractivity (Wildman–Crippen MR) is 93.1 cm³/mol. The van der Waals surface area contributed by atoms with Crippen molar-refractivity contribution in [3.8, 4) is 0 Å². The van der Waals surface area contributed by atoms with Crippen LogP contribution in [0.3, 0.4) is 0 Å². The monoisotopic (exact) mass is 371 g/mol. The van der Waals surface area contributed by atoms with Crippen molar-refractivity contribution in [3.63, 3.8) is 0 Å². The topological polar surface area (TPSA) is 99.8 Å². The highest BCUT2D eigenvalue weighted by Crippen LogP contribution is 2.24. The van der Waals surface area contributed by atoms with Crippen molar-refractivity contribution in [2.45, 2.75) is 33.2 Å². The van der Waals surface area contributed by atoms with Crippen LogP contribution in [0.4, 0.5) is 0 Å². The first-order valence-corrected chi connectivity index (χ1v) is 9.98. The van der Waals surface area contributed by atoms with Gasteiger partial charge in [-0.2, -0.15) is 0 Å². The molecule has 0 aromatic carbocycles. The van der Waals surface area contributed by atoms with Gasteiger partial charge >= 0.3 is 5.97 Å². The number of rotatable bonds is 5. The van der Waals surface area contributed by atoms with Crippen LogP contribution in [0, 0.1) is 13.8 Å². The van der Waals surface area contributed by atoms with Crippen molar-refractivity contribution >= 4 is 21.7 Å². The number of aromatic amines is 1. The highest BCUT2D eigenvalue weighted by Gasteiger charge is 2.37. The third-order valence-corrected chi connectivity index (χ3v) is 6.07. The van der Waals surface area contributed by atoms with Crippen LogP contribution in [0.1, 0.15) is 45.4 Å². The molecule has 0 aliphatic carbocycles. The van der Waals surface area contributed by atoms with Crippen molar-refractivity contribution in [2.75, 3.05) is 32.2 Å². The Kier molecular flexibility index (Phi) is 5.58. The van der Waals surface area contributed by atoms with E-state index in [0.29, 0.717) is 23.2 Å². The molecule has 0 spiro atoms. The third-order valence-electron chi connectivity index (χ3n) is 4.32. The molecule has 1 atom stereocenters. The number of hydrazine groups is 1. The fourth-order valence-electron chi connectivity index (χ4n) is 3.23. The Morgan fingerprint density at radius 2 is 1.92 bits per heavy atom. The van der Waals surface area contributed by atoms with E-state index in [1.807, 2.05) is 0 Å². The fraction of sp³-hybridized carbons (Fsp3) is 0.625. The standard InChI is InChI=1S/C16H25N3O5S/c1-6-24-16(21)13-10(2)14(17-11(13)3)15(20)19(18(4)5)12-7-8-25(22,23)9-12/h12,17H,6-9H2,1-5H3/t12-/m0/s1. The second-order valence-electron chi connectivity index (χ2n) is 6.40. The van der Waals surface area contributed by atoms with Gasteiger partial charge in [0.1, 0.15) is 5.69 Å². The van der Waals surface area contributed by atoms with Gasteiger partial charge in [0.15, 0.2) is 9.84 Å². The lowest BCUT2D eigenvalue weighted by atomic mass is 10.1. The highest BCUT2D eigenvalue weighted by atomic mass is 32.2. The number of ether oxygens (including phenoxy) is 1. The zero-order chi connectivity index (χ0) is 18.9. The maximum Gasteiger partial charge on any atom is 0.340 e. The van der Waals surface area contributed by atoms with Crippen molar-refractivity contribution < 1.29 is 22.7 Å². The molecule has 9 heteroatoms. The van der Waals surface area contributed by atoms with Crippen molar-refractivity contribution in [1.82, 2.24) is 15.0 Å². The molecular formula is C16H25N3O5S. The van der Waals surface area contributed by atoms with Gasteiger partial charge in [-0.25, -0.2) is 18.2 Å². The minimum absolute atomic E-state index is 0.0552. The number of carbonyl (C=O) groups excluding carboxylic acids is 2. The van der Waals surface area contributed by atoms with E-state index in [2.05, 4.69) is 4.98 Å². The van der Waals surface area contributed by atoms with Crippen molar-refractivity contribution in [3.05, 3.63) is 22.5 Å². The maximum atomic E-state index is 13.1. The lowest BCUT2D eigenvalue weighted by Gasteiger charge is -2.33. The maximum absolute atomic E-state index is 13.1. The van der Waals surface area contributed by atoms with Crippen molar-refractivity contribution in [1.29, 1.82) is 0 Å². The minimum Gasteiger partial charge on any atom is -0.462 e. The van der Waals surface area contributed by atoms with Crippen LogP contribution in [-0.2, 0) is 14.6 Å². The molecule has 0 unspecified atom stereocenters. The smallest absolute Gasteiger partial charge is 0.340 e. The van der Waals surface area contributed by atoms with E-state index in [4.69, 9.17) is 4.74 Å². The second kappa shape index (κ2) is 7.17. The molecule has 2 rings (SSSR count). The zero-order valence-electron chi connectivity index (χ0n) is 15.2. The molecule has 140 valence electrons. The van der Waals surface area contributed by atoms with Crippen LogP contribution >= 0.6 is 0 Å². The molecule has 25 heavy (non-hydrogen) atoms. The van der Waals surface area contributed by atoms with Gasteiger partial charge in [-0.3, -0.25) is 9.80 Å². The number of carbonyl (C=O) groups is 2. The van der Waals surface area contributed by atoms with Crippen molar-refractivity contribution in [2.24, 2.45) is 0 Å². The number of sulfone groups is 1. The molecular weight excluding hydrogens is 346 g/mol. The lowest BCUT2D eigenvalue weighted by Crippen LogP contribution is -2.49. The number of esters is 1. The van der Waals surface area contributed by atoms with Crippen LogP contribution in [-0.4, -0.2) is 73.5 Å². The summed E-state index contributed by atoms with van der Waals surface area (Å²) < 4.78 is 28.6. The molecule has 1 fully saturated rings. The normalized spacial score (nSPS) is 19.2. The van der Waals surface area contributed by atoms with E-state index in [1.54, 1.807) is 39.9 Å². The Morgan fingerprint density at radius 1 is 1.28 bits per heavy atom. The number of aromatic nitrogens is 1. The Bertz CT molecular complexity index is 782. The van der Waals surface area contributed by atoms with Gasteiger partial charge in [0, 0.05) is 19.8 Å². The molecule has 0 bridgehead atoms. The number of hydrogen-bond donors (Lipinski definition) is 1. The van der Waals surface area contributed by atoms with Gasteiger partial charge < -0.3 is 9.72 Å². The number of hydrogen-bond acceptors (Lipinski definition) is 6. The Labute approximate surface area is 148 Å². The molecule has 2 heterocycles. The van der Waals surface area contributed by atoms with Crippen LogP contribution < -0.4 is 0 Å². The lowest BCUT2D eigenvalue weighted by molar-refractivity contribution is 0.000450. The SMILES string of the molecule is CCOC(=O)c1c(C)[nH]c(C(=O)N([C@H]2CCS(=O)(=O)C2)N(C)C)c1C. The van der Waals surface area contributed by atoms with E-state index < -0.39 is 21.8 Å².